The standard InChI is InChI=1S/C15H15BrN4O2S/c1-20-7-13(16)14(19-20)15(21)18-17-6-10-2-4-11(5-3-10)22-12-8-23-9-12/h2-7,12H,8-9H2,1H3,(H,18,21)/b17-6-. The molecule has 1 aromatic carbocycles. The molecule has 0 bridgehead atoms. The maximum absolute atomic E-state index is 11.9. The smallest absolute Gasteiger partial charge is 0.293 e. The van der Waals surface area contributed by atoms with Gasteiger partial charge in [0.2, 0.25) is 0 Å². The first-order chi connectivity index (χ1) is 11.1. The highest BCUT2D eigenvalue weighted by Gasteiger charge is 2.19. The molecule has 0 radical (unpaired) electrons. The summed E-state index contributed by atoms with van der Waals surface area (Å²) >= 11 is 5.17. The van der Waals surface area contributed by atoms with Gasteiger partial charge in [0.15, 0.2) is 5.69 Å². The van der Waals surface area contributed by atoms with Crippen molar-refractivity contribution in [1.29, 1.82) is 0 Å². The number of thioether (sulfide) groups is 1. The van der Waals surface area contributed by atoms with Crippen LogP contribution in [0.3, 0.4) is 0 Å². The molecule has 23 heavy (non-hydrogen) atoms. The van der Waals surface area contributed by atoms with Crippen LogP contribution < -0.4 is 10.2 Å². The van der Waals surface area contributed by atoms with Crippen LogP contribution >= 0.6 is 27.7 Å². The number of rotatable bonds is 5. The number of halogens is 1. The van der Waals surface area contributed by atoms with Crippen LogP contribution in [0.2, 0.25) is 0 Å². The molecule has 0 aliphatic carbocycles. The van der Waals surface area contributed by atoms with Crippen LogP contribution in [0, 0.1) is 0 Å². The third-order valence-electron chi connectivity index (χ3n) is 3.17. The molecule has 6 nitrogen and oxygen atoms in total. The minimum atomic E-state index is -0.365. The summed E-state index contributed by atoms with van der Waals surface area (Å²) in [7, 11) is 1.75. The second-order valence-electron chi connectivity index (χ2n) is 5.04. The molecule has 0 unspecified atom stereocenters. The quantitative estimate of drug-likeness (QED) is 0.624. The molecule has 0 saturated carbocycles. The van der Waals surface area contributed by atoms with Gasteiger partial charge in [-0.1, -0.05) is 0 Å². The van der Waals surface area contributed by atoms with Gasteiger partial charge in [-0.2, -0.15) is 22.0 Å². The van der Waals surface area contributed by atoms with Crippen LogP contribution in [0.4, 0.5) is 0 Å². The molecule has 0 atom stereocenters. The van der Waals surface area contributed by atoms with E-state index in [9.17, 15) is 4.79 Å². The number of nitrogens with zero attached hydrogens (tertiary/aromatic N) is 3. The molecule has 1 saturated heterocycles. The Kier molecular flexibility index (Phi) is 5.02. The number of hydrogen-bond acceptors (Lipinski definition) is 5. The molecule has 120 valence electrons. The number of hydrogen-bond donors (Lipinski definition) is 1. The molecule has 1 N–H and O–H groups in total. The zero-order valence-corrected chi connectivity index (χ0v) is 14.8. The molecular weight excluding hydrogens is 380 g/mol. The summed E-state index contributed by atoms with van der Waals surface area (Å²) < 4.78 is 7.96. The molecule has 2 aromatic rings. The highest BCUT2D eigenvalue weighted by molar-refractivity contribution is 9.10. The number of hydrazone groups is 1. The van der Waals surface area contributed by atoms with Crippen molar-refractivity contribution in [3.05, 3.63) is 46.2 Å². The lowest BCUT2D eigenvalue weighted by Crippen LogP contribution is -2.30. The van der Waals surface area contributed by atoms with E-state index in [1.54, 1.807) is 24.1 Å². The van der Waals surface area contributed by atoms with E-state index in [1.165, 1.54) is 0 Å². The summed E-state index contributed by atoms with van der Waals surface area (Å²) in [4.78, 5) is 11.9. The first kappa shape index (κ1) is 16.1. The van der Waals surface area contributed by atoms with E-state index in [0.717, 1.165) is 22.8 Å². The fraction of sp³-hybridized carbons (Fsp3) is 0.267. The second kappa shape index (κ2) is 7.18. The lowest BCUT2D eigenvalue weighted by atomic mass is 10.2. The van der Waals surface area contributed by atoms with Gasteiger partial charge in [-0.05, 0) is 45.8 Å². The lowest BCUT2D eigenvalue weighted by Gasteiger charge is -2.25. The number of aromatic nitrogens is 2. The minimum Gasteiger partial charge on any atom is -0.489 e. The third-order valence-corrected chi connectivity index (χ3v) is 4.96. The summed E-state index contributed by atoms with van der Waals surface area (Å²) in [6.07, 6.45) is 3.62. The van der Waals surface area contributed by atoms with Crippen molar-refractivity contribution in [3.63, 3.8) is 0 Å². The van der Waals surface area contributed by atoms with Gasteiger partial charge in [-0.25, -0.2) is 5.43 Å². The van der Waals surface area contributed by atoms with Crippen LogP contribution in [-0.4, -0.2) is 39.5 Å². The zero-order valence-electron chi connectivity index (χ0n) is 12.4. The molecule has 0 spiro atoms. The number of nitrogens with one attached hydrogen (secondary N) is 1. The van der Waals surface area contributed by atoms with Crippen molar-refractivity contribution in [1.82, 2.24) is 15.2 Å². The van der Waals surface area contributed by atoms with E-state index < -0.39 is 0 Å². The van der Waals surface area contributed by atoms with Crippen molar-refractivity contribution in [2.75, 3.05) is 11.5 Å². The summed E-state index contributed by atoms with van der Waals surface area (Å²) in [5, 5.41) is 8.00. The van der Waals surface area contributed by atoms with Crippen molar-refractivity contribution in [2.24, 2.45) is 12.1 Å². The Balaban J connectivity index is 1.55. The largest absolute Gasteiger partial charge is 0.489 e. The Hall–Kier alpha value is -1.80. The lowest BCUT2D eigenvalue weighted by molar-refractivity contribution is 0.0948. The molecule has 1 amide bonds. The van der Waals surface area contributed by atoms with Gasteiger partial charge >= 0.3 is 0 Å². The van der Waals surface area contributed by atoms with E-state index >= 15 is 0 Å². The van der Waals surface area contributed by atoms with Crippen LogP contribution in [0.5, 0.6) is 5.75 Å². The fourth-order valence-electron chi connectivity index (χ4n) is 1.94. The molecule has 1 fully saturated rings. The maximum atomic E-state index is 11.9. The van der Waals surface area contributed by atoms with Crippen molar-refractivity contribution in [2.45, 2.75) is 6.10 Å². The van der Waals surface area contributed by atoms with E-state index in [2.05, 4.69) is 31.6 Å². The van der Waals surface area contributed by atoms with Crippen LogP contribution in [0.15, 0.2) is 40.0 Å². The fourth-order valence-corrected chi connectivity index (χ4v) is 3.06. The Morgan fingerprint density at radius 2 is 2.22 bits per heavy atom. The second-order valence-corrected chi connectivity index (χ2v) is 6.97. The number of benzene rings is 1. The number of ether oxygens (including phenoxy) is 1. The number of carbonyl (C=O) groups excluding carboxylic acids is 1. The highest BCUT2D eigenvalue weighted by Crippen LogP contribution is 2.23. The van der Waals surface area contributed by atoms with Gasteiger partial charge in [-0.15, -0.1) is 0 Å². The van der Waals surface area contributed by atoms with Gasteiger partial charge < -0.3 is 4.74 Å². The minimum absolute atomic E-state index is 0.298. The predicted octanol–water partition coefficient (Wildman–Crippen LogP) is 2.44. The van der Waals surface area contributed by atoms with Crippen LogP contribution in [0.25, 0.3) is 0 Å². The average Bonchev–Trinajstić information content (AvgIpc) is 2.83. The van der Waals surface area contributed by atoms with Crippen LogP contribution in [0.1, 0.15) is 16.1 Å². The highest BCUT2D eigenvalue weighted by atomic mass is 79.9. The molecule has 3 rings (SSSR count). The summed E-state index contributed by atoms with van der Waals surface area (Å²) in [5.41, 5.74) is 3.63. The van der Waals surface area contributed by atoms with Gasteiger partial charge in [0, 0.05) is 24.8 Å². The molecule has 2 heterocycles. The third kappa shape index (κ3) is 4.14. The van der Waals surface area contributed by atoms with E-state index in [0.29, 0.717) is 16.3 Å². The van der Waals surface area contributed by atoms with E-state index in [-0.39, 0.29) is 5.91 Å². The first-order valence-electron chi connectivity index (χ1n) is 6.99. The van der Waals surface area contributed by atoms with Gasteiger partial charge in [0.1, 0.15) is 11.9 Å². The number of amides is 1. The molecule has 8 heteroatoms. The first-order valence-corrected chi connectivity index (χ1v) is 8.93. The normalized spacial score (nSPS) is 14.7. The molecule has 1 aliphatic rings. The Bertz CT molecular complexity index is 726. The van der Waals surface area contributed by atoms with E-state index in [4.69, 9.17) is 4.74 Å². The van der Waals surface area contributed by atoms with Gasteiger partial charge in [-0.3, -0.25) is 9.48 Å². The van der Waals surface area contributed by atoms with Gasteiger partial charge in [0.25, 0.3) is 5.91 Å². The summed E-state index contributed by atoms with van der Waals surface area (Å²) in [6, 6.07) is 7.60. The van der Waals surface area contributed by atoms with Gasteiger partial charge in [0.05, 0.1) is 10.7 Å². The predicted molar refractivity (Wildman–Crippen MR) is 94.2 cm³/mol. The summed E-state index contributed by atoms with van der Waals surface area (Å²) in [6.45, 7) is 0. The molecule has 1 aliphatic heterocycles. The molecular formula is C15H15BrN4O2S. The SMILES string of the molecule is Cn1cc(Br)c(C(=O)N/N=C\c2ccc(OC3CSC3)cc2)n1. The molecule has 1 aromatic heterocycles. The van der Waals surface area contributed by atoms with Crippen molar-refractivity contribution < 1.29 is 9.53 Å². The Morgan fingerprint density at radius 1 is 1.48 bits per heavy atom. The Morgan fingerprint density at radius 3 is 2.78 bits per heavy atom. The monoisotopic (exact) mass is 394 g/mol. The number of aryl methyl sites for hydroxylation is 1. The maximum Gasteiger partial charge on any atom is 0.293 e. The van der Waals surface area contributed by atoms with Crippen molar-refractivity contribution in [3.8, 4) is 5.75 Å². The zero-order chi connectivity index (χ0) is 16.2. The van der Waals surface area contributed by atoms with Crippen LogP contribution in [-0.2, 0) is 7.05 Å². The Labute approximate surface area is 146 Å². The van der Waals surface area contributed by atoms with E-state index in [1.807, 2.05) is 36.0 Å². The topological polar surface area (TPSA) is 68.5 Å². The average molecular weight is 395 g/mol. The number of carbonyl (C=O) groups is 1. The van der Waals surface area contributed by atoms with Crippen molar-refractivity contribution >= 4 is 39.8 Å². The summed E-state index contributed by atoms with van der Waals surface area (Å²) in [5.74, 6) is 2.60.